The van der Waals surface area contributed by atoms with Gasteiger partial charge in [0.05, 0.1) is 0 Å². The van der Waals surface area contributed by atoms with E-state index in [0.717, 1.165) is 19.6 Å². The summed E-state index contributed by atoms with van der Waals surface area (Å²) in [4.78, 5) is 9.07. The molecule has 3 heteroatoms. The first-order valence-corrected chi connectivity index (χ1v) is 6.57. The largest absolute Gasteiger partial charge is 0.301 e. The molecule has 1 atom stereocenters. The van der Waals surface area contributed by atoms with Gasteiger partial charge in [0.1, 0.15) is 0 Å². The predicted octanol–water partition coefficient (Wildman–Crippen LogP) is 2.24. The lowest BCUT2D eigenvalue weighted by Crippen LogP contribution is -2.49. The molecule has 1 aromatic rings. The maximum absolute atomic E-state index is 4.15. The molecule has 0 aliphatic carbocycles. The van der Waals surface area contributed by atoms with Gasteiger partial charge in [0, 0.05) is 44.6 Å². The fourth-order valence-electron chi connectivity index (χ4n) is 2.02. The molecule has 0 radical (unpaired) electrons. The Hall–Kier alpha value is -0.930. The minimum Gasteiger partial charge on any atom is -0.301 e. The van der Waals surface area contributed by atoms with Gasteiger partial charge in [0.15, 0.2) is 0 Å². The summed E-state index contributed by atoms with van der Waals surface area (Å²) in [6.45, 7) is 10.8. The molecule has 1 unspecified atom stereocenters. The van der Waals surface area contributed by atoms with Crippen molar-refractivity contribution in [2.45, 2.75) is 33.4 Å². The second-order valence-electron chi connectivity index (χ2n) is 4.43. The van der Waals surface area contributed by atoms with Gasteiger partial charge in [-0.2, -0.15) is 0 Å². The van der Waals surface area contributed by atoms with Crippen molar-refractivity contribution in [1.82, 2.24) is 14.8 Å². The molecule has 0 amide bonds. The predicted molar refractivity (Wildman–Crippen MR) is 73.0 cm³/mol. The van der Waals surface area contributed by atoms with Crippen molar-refractivity contribution in [3.05, 3.63) is 30.1 Å². The van der Waals surface area contributed by atoms with Crippen LogP contribution in [-0.4, -0.2) is 47.5 Å². The molecule has 1 aliphatic heterocycles. The van der Waals surface area contributed by atoms with E-state index in [1.165, 1.54) is 12.1 Å². The normalized spacial score (nSPS) is 21.8. The fraction of sp³-hybridized carbons (Fsp3) is 0.643. The van der Waals surface area contributed by atoms with Gasteiger partial charge in [-0.1, -0.05) is 19.9 Å². The van der Waals surface area contributed by atoms with E-state index >= 15 is 0 Å². The van der Waals surface area contributed by atoms with Gasteiger partial charge in [-0.15, -0.1) is 0 Å². The summed E-state index contributed by atoms with van der Waals surface area (Å²) in [5.74, 6) is 0. The van der Waals surface area contributed by atoms with E-state index in [4.69, 9.17) is 0 Å². The Balaban J connectivity index is 0.000000686. The summed E-state index contributed by atoms with van der Waals surface area (Å²) in [5, 5.41) is 0. The van der Waals surface area contributed by atoms with Gasteiger partial charge >= 0.3 is 0 Å². The Kier molecular flexibility index (Phi) is 6.16. The average molecular weight is 235 g/mol. The number of pyridine rings is 1. The van der Waals surface area contributed by atoms with Crippen LogP contribution in [0.2, 0.25) is 0 Å². The van der Waals surface area contributed by atoms with E-state index in [2.05, 4.69) is 34.8 Å². The van der Waals surface area contributed by atoms with Crippen LogP contribution in [0.1, 0.15) is 26.3 Å². The molecule has 2 rings (SSSR count). The van der Waals surface area contributed by atoms with Crippen LogP contribution in [-0.2, 0) is 6.54 Å². The molecule has 96 valence electrons. The Bertz CT molecular complexity index is 300. The third kappa shape index (κ3) is 4.44. The van der Waals surface area contributed by atoms with Gasteiger partial charge < -0.3 is 4.90 Å². The van der Waals surface area contributed by atoms with Crippen LogP contribution in [0.15, 0.2) is 24.5 Å². The van der Waals surface area contributed by atoms with Gasteiger partial charge in [0.2, 0.25) is 0 Å². The van der Waals surface area contributed by atoms with Crippen molar-refractivity contribution in [3.63, 3.8) is 0 Å². The molecule has 1 saturated heterocycles. The SMILES string of the molecule is CC.CC1CN(Cc2cccnc2)CCN1C. The molecule has 17 heavy (non-hydrogen) atoms. The molecular formula is C14H25N3. The Morgan fingerprint density at radius 3 is 2.71 bits per heavy atom. The zero-order chi connectivity index (χ0) is 12.7. The molecule has 1 fully saturated rings. The summed E-state index contributed by atoms with van der Waals surface area (Å²) in [5.41, 5.74) is 1.31. The van der Waals surface area contributed by atoms with Crippen LogP contribution in [0, 0.1) is 0 Å². The van der Waals surface area contributed by atoms with Crippen molar-refractivity contribution in [1.29, 1.82) is 0 Å². The molecule has 3 nitrogen and oxygen atoms in total. The number of aromatic nitrogens is 1. The fourth-order valence-corrected chi connectivity index (χ4v) is 2.02. The first-order chi connectivity index (χ1) is 8.25. The van der Waals surface area contributed by atoms with E-state index in [1.807, 2.05) is 32.3 Å². The number of hydrogen-bond acceptors (Lipinski definition) is 3. The third-order valence-corrected chi connectivity index (χ3v) is 3.17. The van der Waals surface area contributed by atoms with Gasteiger partial charge in [-0.05, 0) is 25.6 Å². The smallest absolute Gasteiger partial charge is 0.0312 e. The van der Waals surface area contributed by atoms with Crippen molar-refractivity contribution >= 4 is 0 Å². The number of piperazine rings is 1. The molecule has 0 N–H and O–H groups in total. The molecule has 0 spiro atoms. The highest BCUT2D eigenvalue weighted by Gasteiger charge is 2.20. The Morgan fingerprint density at radius 2 is 2.12 bits per heavy atom. The summed E-state index contributed by atoms with van der Waals surface area (Å²) in [6, 6.07) is 4.82. The van der Waals surface area contributed by atoms with Crippen molar-refractivity contribution in [3.8, 4) is 0 Å². The van der Waals surface area contributed by atoms with E-state index in [1.54, 1.807) is 0 Å². The first kappa shape index (κ1) is 14.1. The van der Waals surface area contributed by atoms with Gasteiger partial charge in [0.25, 0.3) is 0 Å². The summed E-state index contributed by atoms with van der Waals surface area (Å²) >= 11 is 0. The molecule has 0 saturated carbocycles. The maximum Gasteiger partial charge on any atom is 0.0312 e. The standard InChI is InChI=1S/C12H19N3.C2H6/c1-11-9-15(7-6-14(11)2)10-12-4-3-5-13-8-12;1-2/h3-5,8,11H,6-7,9-10H2,1-2H3;1-2H3. The molecule has 1 aliphatic rings. The second kappa shape index (κ2) is 7.41. The Morgan fingerprint density at radius 1 is 1.35 bits per heavy atom. The minimum absolute atomic E-state index is 0.662. The zero-order valence-electron chi connectivity index (χ0n) is 11.6. The monoisotopic (exact) mass is 235 g/mol. The lowest BCUT2D eigenvalue weighted by molar-refractivity contribution is 0.0999. The van der Waals surface area contributed by atoms with Crippen LogP contribution in [0.4, 0.5) is 0 Å². The van der Waals surface area contributed by atoms with Gasteiger partial charge in [-0.25, -0.2) is 0 Å². The van der Waals surface area contributed by atoms with Crippen molar-refractivity contribution in [2.75, 3.05) is 26.7 Å². The van der Waals surface area contributed by atoms with Crippen molar-refractivity contribution in [2.24, 2.45) is 0 Å². The molecule has 2 heterocycles. The van der Waals surface area contributed by atoms with Crippen LogP contribution in [0.5, 0.6) is 0 Å². The highest BCUT2D eigenvalue weighted by Crippen LogP contribution is 2.10. The molecule has 0 aromatic carbocycles. The van der Waals surface area contributed by atoms with E-state index in [9.17, 15) is 0 Å². The van der Waals surface area contributed by atoms with Crippen LogP contribution < -0.4 is 0 Å². The summed E-state index contributed by atoms with van der Waals surface area (Å²) in [6.07, 6.45) is 3.79. The third-order valence-electron chi connectivity index (χ3n) is 3.17. The Labute approximate surface area is 105 Å². The first-order valence-electron chi connectivity index (χ1n) is 6.57. The molecule has 1 aromatic heterocycles. The van der Waals surface area contributed by atoms with E-state index in [0.29, 0.717) is 6.04 Å². The summed E-state index contributed by atoms with van der Waals surface area (Å²) < 4.78 is 0. The quantitative estimate of drug-likeness (QED) is 0.784. The zero-order valence-corrected chi connectivity index (χ0v) is 11.6. The highest BCUT2D eigenvalue weighted by atomic mass is 15.3. The number of nitrogens with zero attached hydrogens (tertiary/aromatic N) is 3. The lowest BCUT2D eigenvalue weighted by Gasteiger charge is -2.37. The second-order valence-corrected chi connectivity index (χ2v) is 4.43. The van der Waals surface area contributed by atoms with Crippen LogP contribution >= 0.6 is 0 Å². The van der Waals surface area contributed by atoms with E-state index < -0.39 is 0 Å². The maximum atomic E-state index is 4.15. The summed E-state index contributed by atoms with van der Waals surface area (Å²) in [7, 11) is 2.20. The van der Waals surface area contributed by atoms with Gasteiger partial charge in [-0.3, -0.25) is 9.88 Å². The van der Waals surface area contributed by atoms with Crippen LogP contribution in [0.25, 0.3) is 0 Å². The number of rotatable bonds is 2. The minimum atomic E-state index is 0.662. The highest BCUT2D eigenvalue weighted by molar-refractivity contribution is 5.08. The van der Waals surface area contributed by atoms with Crippen molar-refractivity contribution < 1.29 is 0 Å². The molecule has 0 bridgehead atoms. The number of likely N-dealkylation sites (N-methyl/N-ethyl adjacent to an activating group) is 1. The van der Waals surface area contributed by atoms with Crippen LogP contribution in [0.3, 0.4) is 0 Å². The topological polar surface area (TPSA) is 19.4 Å². The average Bonchev–Trinajstić information content (AvgIpc) is 2.38. The van der Waals surface area contributed by atoms with E-state index in [-0.39, 0.29) is 0 Å². The number of hydrogen-bond donors (Lipinski definition) is 0. The molecular weight excluding hydrogens is 210 g/mol. The lowest BCUT2D eigenvalue weighted by atomic mass is 10.2.